The van der Waals surface area contributed by atoms with E-state index in [4.69, 9.17) is 5.11 Å². The van der Waals surface area contributed by atoms with Gasteiger partial charge < -0.3 is 21.1 Å². The van der Waals surface area contributed by atoms with Crippen molar-refractivity contribution in [1.82, 2.24) is 20.3 Å². The van der Waals surface area contributed by atoms with E-state index in [9.17, 15) is 9.59 Å². The highest BCUT2D eigenvalue weighted by molar-refractivity contribution is 5.76. The van der Waals surface area contributed by atoms with E-state index >= 15 is 0 Å². The molecule has 0 aromatic carbocycles. The van der Waals surface area contributed by atoms with Gasteiger partial charge in [0.15, 0.2) is 5.82 Å². The monoisotopic (exact) mass is 344 g/mol. The minimum absolute atomic E-state index is 0.0254. The summed E-state index contributed by atoms with van der Waals surface area (Å²) in [5.74, 6) is 0.446. The number of carboxylic acids is 1. The Hall–Kier alpha value is -3.23. The number of amides is 1. The SMILES string of the molecule is CNC(=O)CCNc1cc(NCCC(=O)O)nc(-c2ccccn2)n1. The molecule has 9 heteroatoms. The second kappa shape index (κ2) is 9.16. The zero-order valence-electron chi connectivity index (χ0n) is 13.8. The second-order valence-electron chi connectivity index (χ2n) is 5.10. The van der Waals surface area contributed by atoms with Gasteiger partial charge >= 0.3 is 5.97 Å². The van der Waals surface area contributed by atoms with Crippen LogP contribution in [-0.4, -0.2) is 52.1 Å². The minimum atomic E-state index is -0.893. The molecular formula is C16H20N6O3. The molecule has 2 rings (SSSR count). The first-order valence-corrected chi connectivity index (χ1v) is 7.79. The summed E-state index contributed by atoms with van der Waals surface area (Å²) in [5, 5.41) is 17.3. The minimum Gasteiger partial charge on any atom is -0.481 e. The van der Waals surface area contributed by atoms with Gasteiger partial charge in [-0.25, -0.2) is 9.97 Å². The molecule has 2 aromatic rings. The number of hydrogen-bond donors (Lipinski definition) is 4. The zero-order chi connectivity index (χ0) is 18.1. The Morgan fingerprint density at radius 2 is 1.76 bits per heavy atom. The molecule has 0 saturated carbocycles. The number of nitrogens with one attached hydrogen (secondary N) is 3. The Morgan fingerprint density at radius 3 is 2.32 bits per heavy atom. The molecule has 0 aliphatic rings. The van der Waals surface area contributed by atoms with E-state index in [2.05, 4.69) is 30.9 Å². The summed E-state index contributed by atoms with van der Waals surface area (Å²) in [6.45, 7) is 0.651. The van der Waals surface area contributed by atoms with Gasteiger partial charge in [-0.3, -0.25) is 14.6 Å². The Labute approximate surface area is 144 Å². The molecule has 1 amide bonds. The molecule has 0 aliphatic carbocycles. The number of rotatable bonds is 9. The van der Waals surface area contributed by atoms with E-state index in [1.165, 1.54) is 0 Å². The third kappa shape index (κ3) is 6.05. The van der Waals surface area contributed by atoms with Crippen molar-refractivity contribution in [2.75, 3.05) is 30.8 Å². The number of carboxylic acid groups (broad SMARTS) is 1. The fraction of sp³-hybridized carbons (Fsp3) is 0.312. The lowest BCUT2D eigenvalue weighted by Crippen LogP contribution is -2.21. The van der Waals surface area contributed by atoms with E-state index in [1.54, 1.807) is 31.4 Å². The van der Waals surface area contributed by atoms with Crippen molar-refractivity contribution >= 4 is 23.5 Å². The van der Waals surface area contributed by atoms with Gasteiger partial charge in [-0.1, -0.05) is 6.07 Å². The van der Waals surface area contributed by atoms with E-state index in [1.807, 2.05) is 6.07 Å². The van der Waals surface area contributed by atoms with E-state index in [-0.39, 0.29) is 18.9 Å². The zero-order valence-corrected chi connectivity index (χ0v) is 13.8. The van der Waals surface area contributed by atoms with E-state index < -0.39 is 5.97 Å². The van der Waals surface area contributed by atoms with Gasteiger partial charge in [0, 0.05) is 38.8 Å². The van der Waals surface area contributed by atoms with Crippen LogP contribution in [0.4, 0.5) is 11.6 Å². The van der Waals surface area contributed by atoms with Crippen molar-refractivity contribution in [2.24, 2.45) is 0 Å². The first-order valence-electron chi connectivity index (χ1n) is 7.79. The van der Waals surface area contributed by atoms with Gasteiger partial charge in [-0.05, 0) is 12.1 Å². The van der Waals surface area contributed by atoms with Crippen LogP contribution in [0.2, 0.25) is 0 Å². The highest BCUT2D eigenvalue weighted by atomic mass is 16.4. The first kappa shape index (κ1) is 18.1. The van der Waals surface area contributed by atoms with Crippen LogP contribution in [0.15, 0.2) is 30.5 Å². The lowest BCUT2D eigenvalue weighted by atomic mass is 10.3. The number of anilines is 2. The lowest BCUT2D eigenvalue weighted by Gasteiger charge is -2.10. The molecular weight excluding hydrogens is 324 g/mol. The number of aromatic nitrogens is 3. The summed E-state index contributed by atoms with van der Waals surface area (Å²) >= 11 is 0. The van der Waals surface area contributed by atoms with Crippen molar-refractivity contribution < 1.29 is 14.7 Å². The molecule has 4 N–H and O–H groups in total. The van der Waals surface area contributed by atoms with Crippen molar-refractivity contribution in [1.29, 1.82) is 0 Å². The molecule has 0 unspecified atom stereocenters. The van der Waals surface area contributed by atoms with E-state index in [0.29, 0.717) is 36.1 Å². The standard InChI is InChI=1S/C16H20N6O3/c1-17-14(23)5-8-19-12-10-13(20-9-6-15(24)25)22-16(21-12)11-4-2-3-7-18-11/h2-4,7,10H,5-6,8-9H2,1H3,(H,17,23)(H,24,25)(H2,19,20,21,22). The van der Waals surface area contributed by atoms with Gasteiger partial charge in [-0.15, -0.1) is 0 Å². The molecule has 0 saturated heterocycles. The molecule has 0 bridgehead atoms. The van der Waals surface area contributed by atoms with Gasteiger partial charge in [-0.2, -0.15) is 0 Å². The van der Waals surface area contributed by atoms with E-state index in [0.717, 1.165) is 0 Å². The topological polar surface area (TPSA) is 129 Å². The van der Waals surface area contributed by atoms with Crippen molar-refractivity contribution in [3.63, 3.8) is 0 Å². The first-order chi connectivity index (χ1) is 12.1. The molecule has 2 aromatic heterocycles. The van der Waals surface area contributed by atoms with Crippen LogP contribution in [-0.2, 0) is 9.59 Å². The number of hydrogen-bond acceptors (Lipinski definition) is 7. The molecule has 0 radical (unpaired) electrons. The normalized spacial score (nSPS) is 10.1. The van der Waals surface area contributed by atoms with Crippen LogP contribution in [0.3, 0.4) is 0 Å². The molecule has 0 fully saturated rings. The Kier molecular flexibility index (Phi) is 6.64. The van der Waals surface area contributed by atoms with Gasteiger partial charge in [0.05, 0.1) is 6.42 Å². The molecule has 132 valence electrons. The summed E-state index contributed by atoms with van der Waals surface area (Å²) in [6.07, 6.45) is 1.92. The Morgan fingerprint density at radius 1 is 1.08 bits per heavy atom. The maximum atomic E-state index is 11.3. The average Bonchev–Trinajstić information content (AvgIpc) is 2.62. The number of nitrogens with zero attached hydrogens (tertiary/aromatic N) is 3. The second-order valence-corrected chi connectivity index (χ2v) is 5.10. The average molecular weight is 344 g/mol. The van der Waals surface area contributed by atoms with Gasteiger partial charge in [0.25, 0.3) is 0 Å². The number of pyridine rings is 1. The van der Waals surface area contributed by atoms with Gasteiger partial charge in [0.2, 0.25) is 5.91 Å². The summed E-state index contributed by atoms with van der Waals surface area (Å²) in [7, 11) is 1.58. The quantitative estimate of drug-likeness (QED) is 0.530. The number of aliphatic carboxylic acids is 1. The smallest absolute Gasteiger partial charge is 0.305 e. The summed E-state index contributed by atoms with van der Waals surface area (Å²) < 4.78 is 0. The van der Waals surface area contributed by atoms with Crippen LogP contribution < -0.4 is 16.0 Å². The molecule has 0 aliphatic heterocycles. The molecule has 25 heavy (non-hydrogen) atoms. The van der Waals surface area contributed by atoms with Crippen LogP contribution in [0, 0.1) is 0 Å². The Bertz CT molecular complexity index is 723. The predicted molar refractivity (Wildman–Crippen MR) is 93.2 cm³/mol. The van der Waals surface area contributed by atoms with Crippen molar-refractivity contribution in [3.05, 3.63) is 30.5 Å². The highest BCUT2D eigenvalue weighted by Crippen LogP contribution is 2.18. The molecule has 0 spiro atoms. The largest absolute Gasteiger partial charge is 0.481 e. The lowest BCUT2D eigenvalue weighted by molar-refractivity contribution is -0.136. The van der Waals surface area contributed by atoms with Crippen LogP contribution >= 0.6 is 0 Å². The van der Waals surface area contributed by atoms with Crippen molar-refractivity contribution in [3.8, 4) is 11.5 Å². The number of carbonyl (C=O) groups is 2. The fourth-order valence-corrected chi connectivity index (χ4v) is 1.96. The summed E-state index contributed by atoms with van der Waals surface area (Å²) in [6, 6.07) is 7.07. The molecule has 2 heterocycles. The van der Waals surface area contributed by atoms with Crippen LogP contribution in [0.25, 0.3) is 11.5 Å². The maximum Gasteiger partial charge on any atom is 0.305 e. The Balaban J connectivity index is 2.15. The third-order valence-corrected chi connectivity index (χ3v) is 3.20. The maximum absolute atomic E-state index is 11.3. The van der Waals surface area contributed by atoms with Crippen LogP contribution in [0.5, 0.6) is 0 Å². The summed E-state index contributed by atoms with van der Waals surface area (Å²) in [5.41, 5.74) is 0.596. The number of carbonyl (C=O) groups excluding carboxylic acids is 1. The van der Waals surface area contributed by atoms with Crippen LogP contribution in [0.1, 0.15) is 12.8 Å². The third-order valence-electron chi connectivity index (χ3n) is 3.20. The fourth-order valence-electron chi connectivity index (χ4n) is 1.96. The van der Waals surface area contributed by atoms with Gasteiger partial charge in [0.1, 0.15) is 17.3 Å². The molecule has 0 atom stereocenters. The van der Waals surface area contributed by atoms with Crippen molar-refractivity contribution in [2.45, 2.75) is 12.8 Å². The molecule has 9 nitrogen and oxygen atoms in total. The predicted octanol–water partition coefficient (Wildman–Crippen LogP) is 0.973. The summed E-state index contributed by atoms with van der Waals surface area (Å²) in [4.78, 5) is 34.9. The highest BCUT2D eigenvalue weighted by Gasteiger charge is 2.09.